The predicted molar refractivity (Wildman–Crippen MR) is 74.5 cm³/mol. The quantitative estimate of drug-likeness (QED) is 0.858. The van der Waals surface area contributed by atoms with E-state index in [1.165, 1.54) is 13.2 Å². The van der Waals surface area contributed by atoms with Gasteiger partial charge in [-0.05, 0) is 16.8 Å². The lowest BCUT2D eigenvalue weighted by Gasteiger charge is -2.19. The molecular formula is C15H14FNO4. The Balaban J connectivity index is 2.39. The number of carbonyl (C=O) groups is 2. The van der Waals surface area contributed by atoms with Gasteiger partial charge >= 0.3 is 5.97 Å². The first-order valence-electron chi connectivity index (χ1n) is 6.25. The van der Waals surface area contributed by atoms with Crippen molar-refractivity contribution < 1.29 is 23.9 Å². The maximum absolute atomic E-state index is 14.1. The van der Waals surface area contributed by atoms with Gasteiger partial charge in [0.2, 0.25) is 0 Å². The number of carboxylic acids is 1. The number of hydrogen-bond donors (Lipinski definition) is 1. The van der Waals surface area contributed by atoms with Crippen LogP contribution in [0.3, 0.4) is 0 Å². The summed E-state index contributed by atoms with van der Waals surface area (Å²) in [7, 11) is 1.24. The van der Waals surface area contributed by atoms with E-state index < -0.39 is 24.5 Å². The lowest BCUT2D eigenvalue weighted by atomic mass is 10.0. The zero-order valence-corrected chi connectivity index (χ0v) is 11.3. The zero-order chi connectivity index (χ0) is 15.4. The van der Waals surface area contributed by atoms with Crippen LogP contribution in [0.5, 0.6) is 0 Å². The van der Waals surface area contributed by atoms with Crippen LogP contribution >= 0.6 is 0 Å². The van der Waals surface area contributed by atoms with E-state index in [9.17, 15) is 14.1 Å². The monoisotopic (exact) mass is 291 g/mol. The molecule has 1 N–H and O–H groups in total. The highest BCUT2D eigenvalue weighted by atomic mass is 19.2. The average molecular weight is 291 g/mol. The number of benzene rings is 2. The number of fused-ring (bicyclic) bond motifs is 1. The van der Waals surface area contributed by atoms with Crippen LogP contribution in [0.25, 0.3) is 10.8 Å². The third kappa shape index (κ3) is 3.00. The number of amides is 1. The first-order valence-corrected chi connectivity index (χ1v) is 6.25. The molecule has 0 saturated heterocycles. The van der Waals surface area contributed by atoms with Gasteiger partial charge in [-0.15, -0.1) is 0 Å². The Hall–Kier alpha value is -2.47. The minimum absolute atomic E-state index is 0.109. The summed E-state index contributed by atoms with van der Waals surface area (Å²) in [6.45, 7) is -0.428. The van der Waals surface area contributed by atoms with Crippen LogP contribution in [-0.4, -0.2) is 41.9 Å². The molecule has 2 rings (SSSR count). The Bertz CT molecular complexity index is 668. The molecule has 0 aromatic heterocycles. The summed E-state index contributed by atoms with van der Waals surface area (Å²) < 4.78 is 18.8. The number of methoxy groups -OCH3 is 1. The van der Waals surface area contributed by atoms with E-state index in [-0.39, 0.29) is 10.7 Å². The predicted octanol–water partition coefficient (Wildman–Crippen LogP) is 2.27. The highest BCUT2D eigenvalue weighted by molar-refractivity contribution is 6.07. The van der Waals surface area contributed by atoms with Crippen LogP contribution in [0.15, 0.2) is 42.5 Å². The number of rotatable bonds is 5. The van der Waals surface area contributed by atoms with Crippen LogP contribution in [-0.2, 0) is 9.53 Å². The number of carboxylic acid groups (broad SMARTS) is 1. The van der Waals surface area contributed by atoms with E-state index in [2.05, 4.69) is 4.74 Å². The molecule has 0 radical (unpaired) electrons. The van der Waals surface area contributed by atoms with E-state index in [0.717, 1.165) is 5.39 Å². The second kappa shape index (κ2) is 6.32. The Morgan fingerprint density at radius 3 is 2.57 bits per heavy atom. The number of nitrogens with zero attached hydrogens (tertiary/aromatic N) is 1. The second-order valence-corrected chi connectivity index (χ2v) is 4.45. The number of halogens is 1. The average Bonchev–Trinajstić information content (AvgIpc) is 2.50. The molecule has 0 aliphatic carbocycles. The summed E-state index contributed by atoms with van der Waals surface area (Å²) in [5, 5.41) is 10.0. The molecule has 6 heteroatoms. The number of ether oxygens (including phenoxy) is 1. The molecule has 110 valence electrons. The summed E-state index contributed by atoms with van der Waals surface area (Å²) in [4.78, 5) is 23.2. The van der Waals surface area contributed by atoms with E-state index in [0.29, 0.717) is 5.39 Å². The van der Waals surface area contributed by atoms with Crippen LogP contribution in [0, 0.1) is 0 Å². The Kier molecular flexibility index (Phi) is 4.49. The van der Waals surface area contributed by atoms with Gasteiger partial charge in [0, 0.05) is 12.7 Å². The fourth-order valence-corrected chi connectivity index (χ4v) is 2.06. The van der Waals surface area contributed by atoms with E-state index in [1.807, 2.05) is 0 Å². The number of aliphatic carboxylic acids is 1. The molecular weight excluding hydrogens is 277 g/mol. The highest BCUT2D eigenvalue weighted by Crippen LogP contribution is 2.21. The summed E-state index contributed by atoms with van der Waals surface area (Å²) in [6.07, 6.45) is 0. The van der Waals surface area contributed by atoms with Crippen molar-refractivity contribution in [3.05, 3.63) is 48.0 Å². The second-order valence-electron chi connectivity index (χ2n) is 4.45. The zero-order valence-electron chi connectivity index (χ0n) is 11.3. The molecule has 1 unspecified atom stereocenters. The van der Waals surface area contributed by atoms with E-state index in [1.54, 1.807) is 36.4 Å². The van der Waals surface area contributed by atoms with Crippen molar-refractivity contribution in [2.45, 2.75) is 6.04 Å². The molecule has 0 aliphatic heterocycles. The smallest absolute Gasteiger partial charge is 0.331 e. The summed E-state index contributed by atoms with van der Waals surface area (Å²) in [5.74, 6) is -2.47. The fraction of sp³-hybridized carbons (Fsp3) is 0.200. The standard InChI is InChI=1S/C15H14FNO4/c1-21-9-13(15(19)20)17(16)14(18)12-8-4-6-10-5-2-3-7-11(10)12/h2-8,13H,9H2,1H3,(H,19,20). The van der Waals surface area contributed by atoms with Crippen LogP contribution in [0.4, 0.5) is 4.48 Å². The molecule has 0 heterocycles. The largest absolute Gasteiger partial charge is 0.480 e. The first-order chi connectivity index (χ1) is 10.1. The fourth-order valence-electron chi connectivity index (χ4n) is 2.06. The minimum atomic E-state index is -1.68. The van der Waals surface area contributed by atoms with E-state index in [4.69, 9.17) is 5.11 Å². The molecule has 21 heavy (non-hydrogen) atoms. The van der Waals surface area contributed by atoms with Crippen LogP contribution in [0.1, 0.15) is 10.4 Å². The lowest BCUT2D eigenvalue weighted by Crippen LogP contribution is -2.42. The van der Waals surface area contributed by atoms with Gasteiger partial charge in [0.1, 0.15) is 0 Å². The van der Waals surface area contributed by atoms with Gasteiger partial charge in [-0.1, -0.05) is 40.9 Å². The third-order valence-corrected chi connectivity index (χ3v) is 3.10. The third-order valence-electron chi connectivity index (χ3n) is 3.10. The van der Waals surface area contributed by atoms with Crippen LogP contribution in [0.2, 0.25) is 0 Å². The highest BCUT2D eigenvalue weighted by Gasteiger charge is 2.31. The van der Waals surface area contributed by atoms with Gasteiger partial charge in [-0.2, -0.15) is 5.12 Å². The van der Waals surface area contributed by atoms with Crippen molar-refractivity contribution in [2.75, 3.05) is 13.7 Å². The van der Waals surface area contributed by atoms with Crippen molar-refractivity contribution in [3.63, 3.8) is 0 Å². The topological polar surface area (TPSA) is 66.8 Å². The molecule has 0 fully saturated rings. The van der Waals surface area contributed by atoms with Gasteiger partial charge in [0.15, 0.2) is 6.04 Å². The van der Waals surface area contributed by atoms with Crippen molar-refractivity contribution in [1.29, 1.82) is 0 Å². The van der Waals surface area contributed by atoms with Crippen molar-refractivity contribution in [2.24, 2.45) is 0 Å². The molecule has 1 atom stereocenters. The molecule has 1 amide bonds. The number of hydrogen-bond acceptors (Lipinski definition) is 3. The van der Waals surface area contributed by atoms with Crippen molar-refractivity contribution >= 4 is 22.6 Å². The SMILES string of the molecule is COCC(C(=O)O)N(F)C(=O)c1cccc2ccccc12. The Morgan fingerprint density at radius 2 is 1.90 bits per heavy atom. The maximum atomic E-state index is 14.1. The van der Waals surface area contributed by atoms with Gasteiger partial charge in [0.05, 0.1) is 6.61 Å². The minimum Gasteiger partial charge on any atom is -0.480 e. The molecule has 0 bridgehead atoms. The van der Waals surface area contributed by atoms with E-state index >= 15 is 0 Å². The Morgan fingerprint density at radius 1 is 1.24 bits per heavy atom. The normalized spacial score (nSPS) is 12.1. The summed E-state index contributed by atoms with van der Waals surface area (Å²) in [6, 6.07) is 10.2. The van der Waals surface area contributed by atoms with Gasteiger partial charge < -0.3 is 9.84 Å². The molecule has 5 nitrogen and oxygen atoms in total. The van der Waals surface area contributed by atoms with Gasteiger partial charge in [-0.25, -0.2) is 4.79 Å². The maximum Gasteiger partial charge on any atom is 0.331 e. The molecule has 2 aromatic rings. The molecule has 0 spiro atoms. The first kappa shape index (κ1) is 14.9. The summed E-state index contributed by atoms with van der Waals surface area (Å²) in [5.41, 5.74) is 0.109. The van der Waals surface area contributed by atoms with Crippen LogP contribution < -0.4 is 0 Å². The molecule has 2 aromatic carbocycles. The Labute approximate surface area is 120 Å². The lowest BCUT2D eigenvalue weighted by molar-refractivity contribution is -0.150. The molecule has 0 saturated carbocycles. The van der Waals surface area contributed by atoms with Crippen molar-refractivity contribution in [3.8, 4) is 0 Å². The van der Waals surface area contributed by atoms with Gasteiger partial charge in [0.25, 0.3) is 5.91 Å². The van der Waals surface area contributed by atoms with Crippen molar-refractivity contribution in [1.82, 2.24) is 5.12 Å². The van der Waals surface area contributed by atoms with Gasteiger partial charge in [-0.3, -0.25) is 4.79 Å². The molecule has 0 aliphatic rings. The number of carbonyl (C=O) groups excluding carboxylic acids is 1. The summed E-state index contributed by atoms with van der Waals surface area (Å²) >= 11 is 0.